The smallest absolute Gasteiger partial charge is 0.161 e. The number of aliphatic imine (C=N–C) groups is 1. The summed E-state index contributed by atoms with van der Waals surface area (Å²) in [5.74, 6) is 0. The van der Waals surface area contributed by atoms with E-state index < -0.39 is 0 Å². The third-order valence-corrected chi connectivity index (χ3v) is 5.03. The fourth-order valence-corrected chi connectivity index (χ4v) is 4.42. The first-order valence-electron chi connectivity index (χ1n) is 6.81. The number of nitrogens with one attached hydrogen (secondary N) is 1. The zero-order valence-electron chi connectivity index (χ0n) is 12.0. The molecule has 1 unspecified atom stereocenters. The summed E-state index contributed by atoms with van der Waals surface area (Å²) in [4.78, 5) is 8.92. The van der Waals surface area contributed by atoms with Crippen LogP contribution >= 0.6 is 23.1 Å². The van der Waals surface area contributed by atoms with Crippen molar-refractivity contribution in [1.82, 2.24) is 4.98 Å². The number of thiazole rings is 1. The zero-order valence-corrected chi connectivity index (χ0v) is 13.6. The summed E-state index contributed by atoms with van der Waals surface area (Å²) in [5, 5.41) is 5.08. The van der Waals surface area contributed by atoms with E-state index in [4.69, 9.17) is 0 Å². The molecule has 106 valence electrons. The van der Waals surface area contributed by atoms with Gasteiger partial charge in [-0.25, -0.2) is 4.98 Å². The van der Waals surface area contributed by atoms with Crippen LogP contribution in [0.15, 0.2) is 28.7 Å². The van der Waals surface area contributed by atoms with E-state index in [9.17, 15) is 0 Å². The van der Waals surface area contributed by atoms with Gasteiger partial charge < -0.3 is 5.32 Å². The van der Waals surface area contributed by atoms with E-state index in [1.807, 2.05) is 17.3 Å². The highest BCUT2D eigenvalue weighted by atomic mass is 32.2. The molecule has 2 heterocycles. The van der Waals surface area contributed by atoms with Crippen molar-refractivity contribution in [2.75, 3.05) is 11.9 Å². The Morgan fingerprint density at radius 1 is 1.35 bits per heavy atom. The molecule has 1 aliphatic rings. The second-order valence-electron chi connectivity index (χ2n) is 6.31. The molecule has 1 aromatic carbocycles. The topological polar surface area (TPSA) is 37.3 Å². The monoisotopic (exact) mass is 305 g/mol. The van der Waals surface area contributed by atoms with Gasteiger partial charge in [0.05, 0.1) is 22.3 Å². The van der Waals surface area contributed by atoms with Gasteiger partial charge in [-0.3, -0.25) is 4.99 Å². The third-order valence-electron chi connectivity index (χ3n) is 3.14. The first-order valence-corrected chi connectivity index (χ1v) is 8.57. The van der Waals surface area contributed by atoms with E-state index in [-0.39, 0.29) is 0 Å². The van der Waals surface area contributed by atoms with Crippen molar-refractivity contribution in [2.45, 2.75) is 32.4 Å². The van der Waals surface area contributed by atoms with Crippen LogP contribution in [0.3, 0.4) is 0 Å². The first kappa shape index (κ1) is 13.9. The van der Waals surface area contributed by atoms with E-state index in [1.54, 1.807) is 11.3 Å². The van der Waals surface area contributed by atoms with E-state index in [0.29, 0.717) is 10.7 Å². The molecule has 1 N–H and O–H groups in total. The summed E-state index contributed by atoms with van der Waals surface area (Å²) in [6.07, 6.45) is 1.19. The van der Waals surface area contributed by atoms with E-state index in [2.05, 4.69) is 54.3 Å². The lowest BCUT2D eigenvalue weighted by Crippen LogP contribution is -2.16. The summed E-state index contributed by atoms with van der Waals surface area (Å²) >= 11 is 3.54. The highest BCUT2D eigenvalue weighted by molar-refractivity contribution is 8.15. The van der Waals surface area contributed by atoms with Crippen molar-refractivity contribution in [3.05, 3.63) is 23.7 Å². The Balaban J connectivity index is 1.64. The maximum Gasteiger partial charge on any atom is 0.161 e. The average molecular weight is 305 g/mol. The predicted molar refractivity (Wildman–Crippen MR) is 91.0 cm³/mol. The van der Waals surface area contributed by atoms with Gasteiger partial charge in [0.1, 0.15) is 0 Å². The van der Waals surface area contributed by atoms with Crippen LogP contribution < -0.4 is 5.32 Å². The summed E-state index contributed by atoms with van der Waals surface area (Å²) in [5.41, 5.74) is 4.41. The maximum absolute atomic E-state index is 4.62. The first-order chi connectivity index (χ1) is 9.49. The molecular formula is C15H19N3S2. The predicted octanol–water partition coefficient (Wildman–Crippen LogP) is 4.62. The summed E-state index contributed by atoms with van der Waals surface area (Å²) in [6.45, 7) is 7.79. The minimum atomic E-state index is 0.365. The lowest BCUT2D eigenvalue weighted by molar-refractivity contribution is 0.375. The lowest BCUT2D eigenvalue weighted by atomic mass is 9.90. The van der Waals surface area contributed by atoms with Gasteiger partial charge in [-0.05, 0) is 30.0 Å². The van der Waals surface area contributed by atoms with E-state index in [0.717, 1.165) is 22.9 Å². The number of anilines is 1. The molecule has 3 nitrogen and oxygen atoms in total. The number of thioether (sulfide) groups is 1. The Hall–Kier alpha value is -1.07. The molecule has 1 atom stereocenters. The van der Waals surface area contributed by atoms with Crippen molar-refractivity contribution in [2.24, 2.45) is 10.4 Å². The van der Waals surface area contributed by atoms with Crippen LogP contribution in [-0.4, -0.2) is 21.9 Å². The van der Waals surface area contributed by atoms with Gasteiger partial charge in [-0.15, -0.1) is 11.3 Å². The second kappa shape index (κ2) is 5.37. The minimum Gasteiger partial charge on any atom is -0.335 e. The number of amidine groups is 1. The third kappa shape index (κ3) is 3.33. The van der Waals surface area contributed by atoms with Crippen molar-refractivity contribution >= 4 is 44.2 Å². The molecule has 0 amide bonds. The molecule has 1 aromatic heterocycles. The Bertz CT molecular complexity index is 640. The number of nitrogens with zero attached hydrogens (tertiary/aromatic N) is 2. The highest BCUT2D eigenvalue weighted by Gasteiger charge is 2.25. The van der Waals surface area contributed by atoms with Gasteiger partial charge in [-0.2, -0.15) is 0 Å². The van der Waals surface area contributed by atoms with Crippen molar-refractivity contribution < 1.29 is 0 Å². The Morgan fingerprint density at radius 3 is 3.00 bits per heavy atom. The molecule has 0 saturated heterocycles. The average Bonchev–Trinajstić information content (AvgIpc) is 2.96. The van der Waals surface area contributed by atoms with Gasteiger partial charge >= 0.3 is 0 Å². The van der Waals surface area contributed by atoms with Crippen LogP contribution in [0.25, 0.3) is 10.2 Å². The summed E-state index contributed by atoms with van der Waals surface area (Å²) < 4.78 is 1.21. The number of hydrogen-bond acceptors (Lipinski definition) is 5. The quantitative estimate of drug-likeness (QED) is 0.880. The number of hydrogen-bond donors (Lipinski definition) is 1. The largest absolute Gasteiger partial charge is 0.335 e. The molecule has 5 heteroatoms. The van der Waals surface area contributed by atoms with Gasteiger partial charge in [-0.1, -0.05) is 32.5 Å². The number of benzene rings is 1. The molecule has 0 spiro atoms. The maximum atomic E-state index is 4.62. The van der Waals surface area contributed by atoms with Gasteiger partial charge in [0.25, 0.3) is 0 Å². The molecule has 0 saturated carbocycles. The Labute approximate surface area is 127 Å². The van der Waals surface area contributed by atoms with Gasteiger partial charge in [0.2, 0.25) is 0 Å². The number of aromatic nitrogens is 1. The number of rotatable bonds is 2. The van der Waals surface area contributed by atoms with Crippen LogP contribution in [0, 0.1) is 5.41 Å². The molecule has 0 fully saturated rings. The van der Waals surface area contributed by atoms with Crippen molar-refractivity contribution in [3.8, 4) is 0 Å². The molecule has 20 heavy (non-hydrogen) atoms. The SMILES string of the molecule is CC(C)(C)CC1CN=C(Nc2ccc3ncsc3c2)S1. The normalized spacial score (nSPS) is 19.4. The second-order valence-corrected chi connectivity index (χ2v) is 8.49. The van der Waals surface area contributed by atoms with E-state index >= 15 is 0 Å². The van der Waals surface area contributed by atoms with Crippen molar-refractivity contribution in [1.29, 1.82) is 0 Å². The van der Waals surface area contributed by atoms with Crippen LogP contribution in [0.5, 0.6) is 0 Å². The standard InChI is InChI=1S/C15H19N3S2/c1-15(2,3)7-11-8-16-14(20-11)18-10-4-5-12-13(6-10)19-9-17-12/h4-6,9,11H,7-8H2,1-3H3,(H,16,18). The fourth-order valence-electron chi connectivity index (χ4n) is 2.33. The minimum absolute atomic E-state index is 0.365. The molecule has 2 aromatic rings. The van der Waals surface area contributed by atoms with Crippen molar-refractivity contribution in [3.63, 3.8) is 0 Å². The molecule has 0 aliphatic carbocycles. The lowest BCUT2D eigenvalue weighted by Gasteiger charge is -2.21. The van der Waals surface area contributed by atoms with Crippen LogP contribution in [0.4, 0.5) is 5.69 Å². The van der Waals surface area contributed by atoms with Gasteiger partial charge in [0.15, 0.2) is 5.17 Å². The fraction of sp³-hybridized carbons (Fsp3) is 0.467. The Morgan fingerprint density at radius 2 is 2.20 bits per heavy atom. The van der Waals surface area contributed by atoms with E-state index in [1.165, 1.54) is 11.1 Å². The summed E-state index contributed by atoms with van der Waals surface area (Å²) in [7, 11) is 0. The molecule has 0 radical (unpaired) electrons. The van der Waals surface area contributed by atoms with Crippen LogP contribution in [0.1, 0.15) is 27.2 Å². The molecule has 0 bridgehead atoms. The van der Waals surface area contributed by atoms with Gasteiger partial charge in [0, 0.05) is 10.9 Å². The summed E-state index contributed by atoms with van der Waals surface area (Å²) in [6, 6.07) is 6.27. The Kier molecular flexibility index (Phi) is 3.73. The van der Waals surface area contributed by atoms with Crippen LogP contribution in [-0.2, 0) is 0 Å². The highest BCUT2D eigenvalue weighted by Crippen LogP contribution is 2.32. The molecular weight excluding hydrogens is 286 g/mol. The molecule has 3 rings (SSSR count). The zero-order chi connectivity index (χ0) is 14.2. The molecule has 1 aliphatic heterocycles. The number of fused-ring (bicyclic) bond motifs is 1. The van der Waals surface area contributed by atoms with Crippen LogP contribution in [0.2, 0.25) is 0 Å².